The first-order valence-corrected chi connectivity index (χ1v) is 6.45. The highest BCUT2D eigenvalue weighted by atomic mass is 79.9. The molecule has 18 heavy (non-hydrogen) atoms. The predicted octanol–water partition coefficient (Wildman–Crippen LogP) is 3.80. The van der Waals surface area contributed by atoms with E-state index in [1.807, 2.05) is 42.6 Å². The van der Waals surface area contributed by atoms with Crippen molar-refractivity contribution in [3.63, 3.8) is 0 Å². The number of aromatic nitrogens is 3. The van der Waals surface area contributed by atoms with Gasteiger partial charge < -0.3 is 0 Å². The van der Waals surface area contributed by atoms with E-state index in [-0.39, 0.29) is 0 Å². The molecule has 86 valence electrons. The Balaban J connectivity index is 2.32. The fourth-order valence-electron chi connectivity index (χ4n) is 2.23. The summed E-state index contributed by atoms with van der Waals surface area (Å²) in [5, 5.41) is 0. The molecule has 1 aromatic carbocycles. The van der Waals surface area contributed by atoms with Gasteiger partial charge in [0.05, 0.1) is 21.0 Å². The quantitative estimate of drug-likeness (QED) is 0.494. The zero-order valence-electron chi connectivity index (χ0n) is 9.34. The largest absolute Gasteiger partial charge is 0.299 e. The summed E-state index contributed by atoms with van der Waals surface area (Å²) in [5.74, 6) is 0. The third-order valence-electron chi connectivity index (χ3n) is 3.07. The summed E-state index contributed by atoms with van der Waals surface area (Å²) in [5.41, 5.74) is 4.71. The summed E-state index contributed by atoms with van der Waals surface area (Å²) in [7, 11) is 0. The van der Waals surface area contributed by atoms with Crippen LogP contribution < -0.4 is 0 Å². The van der Waals surface area contributed by atoms with E-state index in [1.54, 1.807) is 0 Å². The van der Waals surface area contributed by atoms with Crippen molar-refractivity contribution < 1.29 is 0 Å². The minimum Gasteiger partial charge on any atom is -0.299 e. The fraction of sp³-hybridized carbons (Fsp3) is 0. The summed E-state index contributed by atoms with van der Waals surface area (Å²) < 4.78 is 3.05. The van der Waals surface area contributed by atoms with Gasteiger partial charge in [0, 0.05) is 6.20 Å². The Labute approximate surface area is 111 Å². The molecule has 4 aromatic rings. The Hall–Kier alpha value is -1.94. The van der Waals surface area contributed by atoms with E-state index in [0.717, 1.165) is 32.2 Å². The van der Waals surface area contributed by atoms with E-state index in [9.17, 15) is 0 Å². The third-order valence-corrected chi connectivity index (χ3v) is 3.85. The lowest BCUT2D eigenvalue weighted by Gasteiger charge is -1.97. The average molecular weight is 298 g/mol. The topological polar surface area (TPSA) is 30.2 Å². The molecular formula is C14H8BrN3. The molecule has 0 amide bonds. The highest BCUT2D eigenvalue weighted by molar-refractivity contribution is 9.10. The van der Waals surface area contributed by atoms with Crippen molar-refractivity contribution >= 4 is 43.6 Å². The number of hydrogen-bond donors (Lipinski definition) is 0. The van der Waals surface area contributed by atoms with Crippen LogP contribution >= 0.6 is 15.9 Å². The first-order valence-electron chi connectivity index (χ1n) is 5.65. The molecule has 0 atom stereocenters. The van der Waals surface area contributed by atoms with Gasteiger partial charge in [-0.15, -0.1) is 0 Å². The lowest BCUT2D eigenvalue weighted by atomic mass is 10.3. The Morgan fingerprint density at radius 2 is 1.61 bits per heavy atom. The van der Waals surface area contributed by atoms with E-state index in [2.05, 4.69) is 31.4 Å². The summed E-state index contributed by atoms with van der Waals surface area (Å²) in [6.07, 6.45) is 2.01. The molecule has 0 bridgehead atoms. The standard InChI is InChI=1S/C14H8BrN3/c15-12-11-7-3-4-8-18(11)14-13(12)16-9-5-1-2-6-10(9)17-14/h1-8H. The first kappa shape index (κ1) is 10.0. The van der Waals surface area contributed by atoms with Gasteiger partial charge in [0.15, 0.2) is 5.65 Å². The molecule has 0 aliphatic carbocycles. The smallest absolute Gasteiger partial charge is 0.165 e. The van der Waals surface area contributed by atoms with Crippen LogP contribution in [0.25, 0.3) is 27.7 Å². The van der Waals surface area contributed by atoms with Gasteiger partial charge in [-0.25, -0.2) is 9.97 Å². The van der Waals surface area contributed by atoms with Crippen molar-refractivity contribution in [2.45, 2.75) is 0 Å². The fourth-order valence-corrected chi connectivity index (χ4v) is 2.82. The van der Waals surface area contributed by atoms with Crippen molar-refractivity contribution in [1.82, 2.24) is 14.4 Å². The van der Waals surface area contributed by atoms with Gasteiger partial charge in [0.2, 0.25) is 0 Å². The monoisotopic (exact) mass is 297 g/mol. The molecule has 0 unspecified atom stereocenters. The van der Waals surface area contributed by atoms with E-state index in [4.69, 9.17) is 4.98 Å². The van der Waals surface area contributed by atoms with Crippen LogP contribution in [-0.4, -0.2) is 14.4 Å². The van der Waals surface area contributed by atoms with E-state index in [1.165, 1.54) is 0 Å². The molecule has 0 fully saturated rings. The van der Waals surface area contributed by atoms with Gasteiger partial charge in [0.1, 0.15) is 5.52 Å². The number of fused-ring (bicyclic) bond motifs is 4. The van der Waals surface area contributed by atoms with Crippen LogP contribution in [0.5, 0.6) is 0 Å². The zero-order chi connectivity index (χ0) is 12.1. The first-order chi connectivity index (χ1) is 8.84. The van der Waals surface area contributed by atoms with Crippen molar-refractivity contribution in [2.24, 2.45) is 0 Å². The van der Waals surface area contributed by atoms with Gasteiger partial charge in [-0.05, 0) is 40.2 Å². The molecule has 0 saturated heterocycles. The molecule has 0 spiro atoms. The van der Waals surface area contributed by atoms with Crippen LogP contribution in [0, 0.1) is 0 Å². The van der Waals surface area contributed by atoms with Crippen molar-refractivity contribution in [3.8, 4) is 0 Å². The van der Waals surface area contributed by atoms with Crippen molar-refractivity contribution in [1.29, 1.82) is 0 Å². The maximum atomic E-state index is 4.70. The number of hydrogen-bond acceptors (Lipinski definition) is 2. The van der Waals surface area contributed by atoms with Crippen LogP contribution in [0.4, 0.5) is 0 Å². The second kappa shape index (κ2) is 3.53. The van der Waals surface area contributed by atoms with Gasteiger partial charge in [-0.1, -0.05) is 18.2 Å². The second-order valence-corrected chi connectivity index (χ2v) is 4.95. The number of pyridine rings is 1. The summed E-state index contributed by atoms with van der Waals surface area (Å²) in [6, 6.07) is 14.0. The van der Waals surface area contributed by atoms with Crippen molar-refractivity contribution in [3.05, 3.63) is 53.1 Å². The molecule has 0 saturated carbocycles. The highest BCUT2D eigenvalue weighted by Gasteiger charge is 2.12. The number of rotatable bonds is 0. The maximum Gasteiger partial charge on any atom is 0.165 e. The molecule has 3 heterocycles. The van der Waals surface area contributed by atoms with Crippen LogP contribution in [0.2, 0.25) is 0 Å². The van der Waals surface area contributed by atoms with E-state index >= 15 is 0 Å². The molecule has 0 N–H and O–H groups in total. The third kappa shape index (κ3) is 1.24. The summed E-state index contributed by atoms with van der Waals surface area (Å²) >= 11 is 3.61. The van der Waals surface area contributed by atoms with Gasteiger partial charge in [-0.2, -0.15) is 0 Å². The lowest BCUT2D eigenvalue weighted by molar-refractivity contribution is 1.20. The molecule has 0 aliphatic rings. The maximum absolute atomic E-state index is 4.70. The Morgan fingerprint density at radius 3 is 2.44 bits per heavy atom. The molecule has 4 rings (SSSR count). The van der Waals surface area contributed by atoms with Gasteiger partial charge in [-0.3, -0.25) is 4.40 Å². The summed E-state index contributed by atoms with van der Waals surface area (Å²) in [6.45, 7) is 0. The number of para-hydroxylation sites is 2. The van der Waals surface area contributed by atoms with Crippen molar-refractivity contribution in [2.75, 3.05) is 0 Å². The van der Waals surface area contributed by atoms with Crippen LogP contribution in [-0.2, 0) is 0 Å². The van der Waals surface area contributed by atoms with Crippen LogP contribution in [0.3, 0.4) is 0 Å². The van der Waals surface area contributed by atoms with E-state index < -0.39 is 0 Å². The molecule has 3 nitrogen and oxygen atoms in total. The zero-order valence-corrected chi connectivity index (χ0v) is 10.9. The van der Waals surface area contributed by atoms with E-state index in [0.29, 0.717) is 0 Å². The number of benzene rings is 1. The van der Waals surface area contributed by atoms with Gasteiger partial charge >= 0.3 is 0 Å². The lowest BCUT2D eigenvalue weighted by Crippen LogP contribution is -1.88. The SMILES string of the molecule is Brc1c2nc3ccccc3nc2n2ccccc12. The molecular weight excluding hydrogens is 290 g/mol. The Kier molecular flexibility index (Phi) is 1.96. The van der Waals surface area contributed by atoms with Crippen LogP contribution in [0.1, 0.15) is 0 Å². The number of halogens is 1. The Morgan fingerprint density at radius 1 is 0.889 bits per heavy atom. The predicted molar refractivity (Wildman–Crippen MR) is 75.7 cm³/mol. The Bertz CT molecular complexity index is 895. The second-order valence-electron chi connectivity index (χ2n) is 4.15. The average Bonchev–Trinajstić information content (AvgIpc) is 2.71. The highest BCUT2D eigenvalue weighted by Crippen LogP contribution is 2.30. The molecule has 4 heteroatoms. The number of nitrogens with zero attached hydrogens (tertiary/aromatic N) is 3. The normalized spacial score (nSPS) is 11.6. The minimum absolute atomic E-state index is 0.885. The molecule has 0 aliphatic heterocycles. The summed E-state index contributed by atoms with van der Waals surface area (Å²) in [4.78, 5) is 9.38. The minimum atomic E-state index is 0.885. The molecule has 3 aromatic heterocycles. The van der Waals surface area contributed by atoms with Gasteiger partial charge in [0.25, 0.3) is 0 Å². The molecule has 0 radical (unpaired) electrons. The van der Waals surface area contributed by atoms with Crippen LogP contribution in [0.15, 0.2) is 53.1 Å².